The Bertz CT molecular complexity index is 1120. The van der Waals surface area contributed by atoms with Crippen LogP contribution < -0.4 is 9.80 Å². The third-order valence-corrected chi connectivity index (χ3v) is 6.93. The van der Waals surface area contributed by atoms with Gasteiger partial charge < -0.3 is 9.80 Å². The smallest absolute Gasteiger partial charge is 0.0396 e. The number of hydrogen-bond donors (Lipinski definition) is 0. The van der Waals surface area contributed by atoms with Crippen molar-refractivity contribution < 1.29 is 0 Å². The molecular weight excluding hydrogens is 400 g/mol. The fraction of sp³-hybridized carbons (Fsp3) is 0.419. The predicted molar refractivity (Wildman–Crippen MR) is 148 cm³/mol. The number of hydrogen-bond acceptors (Lipinski definition) is 2. The van der Waals surface area contributed by atoms with Crippen LogP contribution >= 0.6 is 0 Å². The topological polar surface area (TPSA) is 6.48 Å². The van der Waals surface area contributed by atoms with Crippen molar-refractivity contribution in [1.29, 1.82) is 0 Å². The number of benzene rings is 3. The summed E-state index contributed by atoms with van der Waals surface area (Å²) in [5.74, 6) is 0. The van der Waals surface area contributed by atoms with E-state index in [2.05, 4.69) is 115 Å². The molecule has 3 aromatic carbocycles. The van der Waals surface area contributed by atoms with E-state index in [0.29, 0.717) is 0 Å². The molecule has 3 aromatic rings. The molecule has 0 N–H and O–H groups in total. The van der Waals surface area contributed by atoms with Crippen LogP contribution in [0.3, 0.4) is 0 Å². The third-order valence-electron chi connectivity index (χ3n) is 6.93. The number of anilines is 2. The van der Waals surface area contributed by atoms with E-state index in [9.17, 15) is 0 Å². The van der Waals surface area contributed by atoms with Gasteiger partial charge in [-0.05, 0) is 107 Å². The van der Waals surface area contributed by atoms with Gasteiger partial charge in [0.25, 0.3) is 0 Å². The highest BCUT2D eigenvalue weighted by Crippen LogP contribution is 2.42. The maximum atomic E-state index is 2.46. The van der Waals surface area contributed by atoms with Crippen molar-refractivity contribution in [2.45, 2.75) is 60.3 Å². The van der Waals surface area contributed by atoms with Crippen molar-refractivity contribution in [3.8, 4) is 22.3 Å². The lowest BCUT2D eigenvalue weighted by Crippen LogP contribution is -2.12. The second-order valence-electron chi connectivity index (χ2n) is 9.48. The zero-order valence-corrected chi connectivity index (χ0v) is 22.3. The molecule has 0 bridgehead atoms. The molecule has 2 heteroatoms. The SMILES string of the molecule is CCc1cc(N(C)C)c(CC)cc1-c1cccc(C)c1-c1cc(CC)c(N(C)C)cc1CC. The Balaban J connectivity index is 2.37. The van der Waals surface area contributed by atoms with Crippen molar-refractivity contribution in [2.24, 2.45) is 0 Å². The van der Waals surface area contributed by atoms with Crippen molar-refractivity contribution in [2.75, 3.05) is 38.0 Å². The van der Waals surface area contributed by atoms with Gasteiger partial charge in [0.05, 0.1) is 0 Å². The van der Waals surface area contributed by atoms with Crippen LogP contribution in [0.5, 0.6) is 0 Å². The first kappa shape index (κ1) is 24.9. The van der Waals surface area contributed by atoms with Gasteiger partial charge in [-0.3, -0.25) is 0 Å². The first-order valence-electron chi connectivity index (χ1n) is 12.5. The van der Waals surface area contributed by atoms with Crippen molar-refractivity contribution in [3.05, 3.63) is 70.3 Å². The van der Waals surface area contributed by atoms with E-state index in [1.165, 1.54) is 61.4 Å². The van der Waals surface area contributed by atoms with Gasteiger partial charge in [0, 0.05) is 39.6 Å². The molecule has 0 aliphatic carbocycles. The minimum absolute atomic E-state index is 1.02. The summed E-state index contributed by atoms with van der Waals surface area (Å²) in [6.45, 7) is 11.3. The van der Waals surface area contributed by atoms with Gasteiger partial charge in [0.1, 0.15) is 0 Å². The van der Waals surface area contributed by atoms with E-state index >= 15 is 0 Å². The molecular formula is C31H42N2. The van der Waals surface area contributed by atoms with Crippen LogP contribution in [0.15, 0.2) is 42.5 Å². The van der Waals surface area contributed by atoms with Gasteiger partial charge in [-0.1, -0.05) is 45.9 Å². The lowest BCUT2D eigenvalue weighted by atomic mass is 9.84. The average Bonchev–Trinajstić information content (AvgIpc) is 2.81. The first-order valence-corrected chi connectivity index (χ1v) is 12.5. The van der Waals surface area contributed by atoms with Crippen LogP contribution in [0.25, 0.3) is 22.3 Å². The van der Waals surface area contributed by atoms with Crippen LogP contribution in [0.1, 0.15) is 55.5 Å². The molecule has 0 aromatic heterocycles. The van der Waals surface area contributed by atoms with Crippen LogP contribution in [0.2, 0.25) is 0 Å². The summed E-state index contributed by atoms with van der Waals surface area (Å²) in [5, 5.41) is 0. The summed E-state index contributed by atoms with van der Waals surface area (Å²) in [6.07, 6.45) is 4.11. The second kappa shape index (κ2) is 10.5. The van der Waals surface area contributed by atoms with Crippen LogP contribution in [-0.4, -0.2) is 28.2 Å². The Hall–Kier alpha value is -2.74. The molecule has 176 valence electrons. The highest BCUT2D eigenvalue weighted by Gasteiger charge is 2.19. The van der Waals surface area contributed by atoms with E-state index in [1.54, 1.807) is 0 Å². The van der Waals surface area contributed by atoms with Crippen LogP contribution in [-0.2, 0) is 25.7 Å². The molecule has 0 heterocycles. The molecule has 0 aliphatic heterocycles. The molecule has 0 aliphatic rings. The molecule has 0 atom stereocenters. The molecule has 0 unspecified atom stereocenters. The summed E-state index contributed by atoms with van der Waals surface area (Å²) in [5.41, 5.74) is 15.2. The third kappa shape index (κ3) is 4.81. The maximum Gasteiger partial charge on any atom is 0.0396 e. The van der Waals surface area contributed by atoms with Gasteiger partial charge in [0.2, 0.25) is 0 Å². The Morgan fingerprint density at radius 1 is 0.545 bits per heavy atom. The summed E-state index contributed by atoms with van der Waals surface area (Å²) in [4.78, 5) is 4.50. The van der Waals surface area contributed by atoms with Crippen LogP contribution in [0.4, 0.5) is 11.4 Å². The fourth-order valence-corrected chi connectivity index (χ4v) is 5.07. The summed E-state index contributed by atoms with van der Waals surface area (Å²) >= 11 is 0. The van der Waals surface area contributed by atoms with E-state index < -0.39 is 0 Å². The summed E-state index contributed by atoms with van der Waals surface area (Å²) in [7, 11) is 8.60. The highest BCUT2D eigenvalue weighted by molar-refractivity contribution is 5.90. The molecule has 0 spiro atoms. The van der Waals surface area contributed by atoms with Crippen molar-refractivity contribution in [3.63, 3.8) is 0 Å². The molecule has 2 nitrogen and oxygen atoms in total. The largest absolute Gasteiger partial charge is 0.377 e. The molecule has 33 heavy (non-hydrogen) atoms. The van der Waals surface area contributed by atoms with Crippen molar-refractivity contribution in [1.82, 2.24) is 0 Å². The van der Waals surface area contributed by atoms with Gasteiger partial charge in [-0.2, -0.15) is 0 Å². The van der Waals surface area contributed by atoms with E-state index in [0.717, 1.165) is 25.7 Å². The summed E-state index contributed by atoms with van der Waals surface area (Å²) < 4.78 is 0. The van der Waals surface area contributed by atoms with E-state index in [-0.39, 0.29) is 0 Å². The van der Waals surface area contributed by atoms with Gasteiger partial charge in [-0.25, -0.2) is 0 Å². The second-order valence-corrected chi connectivity index (χ2v) is 9.48. The van der Waals surface area contributed by atoms with Gasteiger partial charge in [-0.15, -0.1) is 0 Å². The van der Waals surface area contributed by atoms with E-state index in [4.69, 9.17) is 0 Å². The normalized spacial score (nSPS) is 11.1. The average molecular weight is 443 g/mol. The molecule has 0 radical (unpaired) electrons. The van der Waals surface area contributed by atoms with Gasteiger partial charge >= 0.3 is 0 Å². The van der Waals surface area contributed by atoms with Crippen LogP contribution in [0, 0.1) is 6.92 Å². The van der Waals surface area contributed by atoms with Gasteiger partial charge in [0.15, 0.2) is 0 Å². The molecule has 0 fully saturated rings. The fourth-order valence-electron chi connectivity index (χ4n) is 5.07. The Morgan fingerprint density at radius 2 is 1.00 bits per heavy atom. The number of nitrogens with zero attached hydrogens (tertiary/aromatic N) is 2. The zero-order valence-electron chi connectivity index (χ0n) is 22.3. The Morgan fingerprint density at radius 3 is 1.45 bits per heavy atom. The first-order chi connectivity index (χ1) is 15.8. The zero-order chi connectivity index (χ0) is 24.3. The summed E-state index contributed by atoms with van der Waals surface area (Å²) in [6, 6.07) is 16.6. The van der Waals surface area contributed by atoms with E-state index in [1.807, 2.05) is 0 Å². The molecule has 0 saturated carbocycles. The monoisotopic (exact) mass is 442 g/mol. The van der Waals surface area contributed by atoms with Crippen molar-refractivity contribution >= 4 is 11.4 Å². The predicted octanol–water partition coefficient (Wildman–Crippen LogP) is 7.71. The number of aryl methyl sites for hydroxylation is 5. The Labute approximate surface area is 202 Å². The number of rotatable bonds is 8. The molecule has 0 amide bonds. The standard InChI is InChI=1S/C31H42N2/c1-10-22-19-29(32(6)7)24(12-3)17-27(22)26-16-14-15-21(5)31(26)28-18-25(13-4)30(33(8)9)20-23(28)11-2/h14-20H,10-13H2,1-9H3. The lowest BCUT2D eigenvalue weighted by molar-refractivity contribution is 1.04. The highest BCUT2D eigenvalue weighted by atomic mass is 15.1. The maximum absolute atomic E-state index is 2.46. The quantitative estimate of drug-likeness (QED) is 0.352. The Kier molecular flexibility index (Phi) is 7.89. The lowest BCUT2D eigenvalue weighted by Gasteiger charge is -2.25. The minimum atomic E-state index is 1.02. The molecule has 0 saturated heterocycles. The minimum Gasteiger partial charge on any atom is -0.377 e. The molecule has 3 rings (SSSR count).